The lowest BCUT2D eigenvalue weighted by Gasteiger charge is -2.17. The summed E-state index contributed by atoms with van der Waals surface area (Å²) in [6.45, 7) is 0. The topological polar surface area (TPSA) is 55.1 Å². The molecule has 1 aromatic carbocycles. The molecule has 1 unspecified atom stereocenters. The Balaban J connectivity index is 0.00000120. The lowest BCUT2D eigenvalue weighted by atomic mass is 10.1. The van der Waals surface area contributed by atoms with Gasteiger partial charge in [-0.1, -0.05) is 23.7 Å². The molecule has 0 aromatic heterocycles. The number of nitrogens with one attached hydrogen (secondary N) is 1. The summed E-state index contributed by atoms with van der Waals surface area (Å²) < 4.78 is 0. The molecule has 18 heavy (non-hydrogen) atoms. The second-order valence-electron chi connectivity index (χ2n) is 5.03. The normalized spacial score (nSPS) is 22.9. The Morgan fingerprint density at radius 3 is 2.83 bits per heavy atom. The predicted octanol–water partition coefficient (Wildman–Crippen LogP) is 2.36. The van der Waals surface area contributed by atoms with Crippen molar-refractivity contribution in [2.24, 2.45) is 5.73 Å². The third kappa shape index (κ3) is 2.22. The number of nitrogens with two attached hydrogens (primary N) is 1. The molecule has 5 heteroatoms. The summed E-state index contributed by atoms with van der Waals surface area (Å²) in [6, 6.07) is 5.95. The number of benzene rings is 1. The minimum atomic E-state index is -0.596. The Morgan fingerprint density at radius 2 is 2.17 bits per heavy atom. The van der Waals surface area contributed by atoms with Crippen molar-refractivity contribution in [2.75, 3.05) is 0 Å². The summed E-state index contributed by atoms with van der Waals surface area (Å²) in [7, 11) is 0. The minimum absolute atomic E-state index is 0. The maximum atomic E-state index is 11.9. The molecule has 98 valence electrons. The van der Waals surface area contributed by atoms with Gasteiger partial charge < -0.3 is 11.1 Å². The van der Waals surface area contributed by atoms with E-state index in [9.17, 15) is 4.79 Å². The van der Waals surface area contributed by atoms with E-state index >= 15 is 0 Å². The average molecular weight is 287 g/mol. The molecule has 3 N–H and O–H groups in total. The van der Waals surface area contributed by atoms with E-state index in [1.807, 2.05) is 18.2 Å². The molecule has 0 spiro atoms. The highest BCUT2D eigenvalue weighted by atomic mass is 35.5. The van der Waals surface area contributed by atoms with Gasteiger partial charge in [0.2, 0.25) is 5.91 Å². The molecule has 1 atom stereocenters. The van der Waals surface area contributed by atoms with Crippen LogP contribution in [0.4, 0.5) is 0 Å². The number of halogens is 2. The standard InChI is InChI=1S/C13H15ClN2O.ClH/c14-10-3-1-2-9-8(10)4-5-11(9)16-12(17)13(15)6-7-13;/h1-3,11H,4-7,15H2,(H,16,17);1H. The summed E-state index contributed by atoms with van der Waals surface area (Å²) in [6.07, 6.45) is 3.44. The van der Waals surface area contributed by atoms with E-state index in [0.29, 0.717) is 0 Å². The van der Waals surface area contributed by atoms with Gasteiger partial charge in [0.15, 0.2) is 0 Å². The molecule has 1 amide bonds. The molecule has 2 aliphatic carbocycles. The Hall–Kier alpha value is -0.770. The number of hydrogen-bond donors (Lipinski definition) is 2. The van der Waals surface area contributed by atoms with E-state index in [-0.39, 0.29) is 24.4 Å². The van der Waals surface area contributed by atoms with Crippen LogP contribution < -0.4 is 11.1 Å². The lowest BCUT2D eigenvalue weighted by Crippen LogP contribution is -2.43. The van der Waals surface area contributed by atoms with Crippen molar-refractivity contribution in [2.45, 2.75) is 37.3 Å². The third-order valence-electron chi connectivity index (χ3n) is 3.76. The fourth-order valence-corrected chi connectivity index (χ4v) is 2.70. The van der Waals surface area contributed by atoms with Gasteiger partial charge in [0.25, 0.3) is 0 Å². The monoisotopic (exact) mass is 286 g/mol. The van der Waals surface area contributed by atoms with Crippen LogP contribution >= 0.6 is 24.0 Å². The highest BCUT2D eigenvalue weighted by Crippen LogP contribution is 2.37. The highest BCUT2D eigenvalue weighted by Gasteiger charge is 2.46. The molecule has 0 saturated heterocycles. The maximum absolute atomic E-state index is 11.9. The number of carbonyl (C=O) groups is 1. The van der Waals surface area contributed by atoms with Crippen molar-refractivity contribution in [1.29, 1.82) is 0 Å². The van der Waals surface area contributed by atoms with Crippen LogP contribution in [0.2, 0.25) is 5.02 Å². The quantitative estimate of drug-likeness (QED) is 0.877. The number of hydrogen-bond acceptors (Lipinski definition) is 2. The zero-order valence-corrected chi connectivity index (χ0v) is 11.5. The van der Waals surface area contributed by atoms with Crippen LogP contribution in [-0.4, -0.2) is 11.4 Å². The summed E-state index contributed by atoms with van der Waals surface area (Å²) in [4.78, 5) is 11.9. The van der Waals surface area contributed by atoms with E-state index in [4.69, 9.17) is 17.3 Å². The summed E-state index contributed by atoms with van der Waals surface area (Å²) >= 11 is 6.14. The molecule has 0 bridgehead atoms. The molecule has 1 fully saturated rings. The lowest BCUT2D eigenvalue weighted by molar-refractivity contribution is -0.124. The first-order chi connectivity index (χ1) is 8.10. The van der Waals surface area contributed by atoms with Crippen molar-refractivity contribution < 1.29 is 4.79 Å². The fraction of sp³-hybridized carbons (Fsp3) is 0.462. The van der Waals surface area contributed by atoms with Gasteiger partial charge in [-0.25, -0.2) is 0 Å². The Morgan fingerprint density at radius 1 is 1.44 bits per heavy atom. The van der Waals surface area contributed by atoms with E-state index in [2.05, 4.69) is 5.32 Å². The molecule has 0 aliphatic heterocycles. The minimum Gasteiger partial charge on any atom is -0.348 e. The second kappa shape index (κ2) is 4.72. The van der Waals surface area contributed by atoms with Gasteiger partial charge in [-0.3, -0.25) is 4.79 Å². The number of amides is 1. The molecule has 2 aliphatic rings. The van der Waals surface area contributed by atoms with E-state index in [1.54, 1.807) is 0 Å². The first kappa shape index (κ1) is 13.7. The van der Waals surface area contributed by atoms with Crippen molar-refractivity contribution >= 4 is 29.9 Å². The van der Waals surface area contributed by atoms with E-state index < -0.39 is 5.54 Å². The Labute approximate surface area is 117 Å². The van der Waals surface area contributed by atoms with E-state index in [0.717, 1.165) is 36.3 Å². The van der Waals surface area contributed by atoms with Gasteiger partial charge in [-0.05, 0) is 42.9 Å². The Kier molecular flexibility index (Phi) is 3.58. The number of carbonyl (C=O) groups excluding carboxylic acids is 1. The van der Waals surface area contributed by atoms with Crippen LogP contribution in [0.1, 0.15) is 36.4 Å². The molecule has 0 heterocycles. The molecule has 1 aromatic rings. The number of rotatable bonds is 2. The second-order valence-corrected chi connectivity index (χ2v) is 5.44. The van der Waals surface area contributed by atoms with Gasteiger partial charge >= 0.3 is 0 Å². The van der Waals surface area contributed by atoms with Crippen molar-refractivity contribution in [3.63, 3.8) is 0 Å². The molecular formula is C13H16Cl2N2O. The molecule has 3 rings (SSSR count). The first-order valence-electron chi connectivity index (χ1n) is 5.97. The van der Waals surface area contributed by atoms with Crippen LogP contribution in [0, 0.1) is 0 Å². The average Bonchev–Trinajstić information content (AvgIpc) is 2.92. The maximum Gasteiger partial charge on any atom is 0.240 e. The van der Waals surface area contributed by atoms with Gasteiger partial charge in [0.1, 0.15) is 0 Å². The Bertz CT molecular complexity index is 486. The van der Waals surface area contributed by atoms with E-state index in [1.165, 1.54) is 5.56 Å². The third-order valence-corrected chi connectivity index (χ3v) is 4.11. The van der Waals surface area contributed by atoms with Crippen LogP contribution in [0.5, 0.6) is 0 Å². The SMILES string of the molecule is Cl.NC1(C(=O)NC2CCc3c(Cl)cccc32)CC1. The predicted molar refractivity (Wildman–Crippen MR) is 74.1 cm³/mol. The van der Waals surface area contributed by atoms with Gasteiger partial charge in [-0.15, -0.1) is 12.4 Å². The molecule has 1 saturated carbocycles. The molecule has 3 nitrogen and oxygen atoms in total. The van der Waals surface area contributed by atoms with Crippen molar-refractivity contribution in [3.05, 3.63) is 34.3 Å². The van der Waals surface area contributed by atoms with Crippen LogP contribution in [0.25, 0.3) is 0 Å². The van der Waals surface area contributed by atoms with Crippen molar-refractivity contribution in [3.8, 4) is 0 Å². The summed E-state index contributed by atoms with van der Waals surface area (Å²) in [5, 5.41) is 3.84. The van der Waals surface area contributed by atoms with Gasteiger partial charge in [-0.2, -0.15) is 0 Å². The zero-order chi connectivity index (χ0) is 12.0. The molecular weight excluding hydrogens is 271 g/mol. The van der Waals surface area contributed by atoms with Crippen molar-refractivity contribution in [1.82, 2.24) is 5.32 Å². The molecule has 0 radical (unpaired) electrons. The van der Waals surface area contributed by atoms with Crippen LogP contribution in [0.15, 0.2) is 18.2 Å². The first-order valence-corrected chi connectivity index (χ1v) is 6.35. The smallest absolute Gasteiger partial charge is 0.240 e. The fourth-order valence-electron chi connectivity index (χ4n) is 2.42. The summed E-state index contributed by atoms with van der Waals surface area (Å²) in [5.74, 6) is -0.0182. The zero-order valence-electron chi connectivity index (χ0n) is 9.91. The number of fused-ring (bicyclic) bond motifs is 1. The highest BCUT2D eigenvalue weighted by molar-refractivity contribution is 6.31. The largest absolute Gasteiger partial charge is 0.348 e. The van der Waals surface area contributed by atoms with Crippen LogP contribution in [0.3, 0.4) is 0 Å². The van der Waals surface area contributed by atoms with Gasteiger partial charge in [0.05, 0.1) is 11.6 Å². The van der Waals surface area contributed by atoms with Crippen LogP contribution in [-0.2, 0) is 11.2 Å². The summed E-state index contributed by atoms with van der Waals surface area (Å²) in [5.41, 5.74) is 7.60. The van der Waals surface area contributed by atoms with Gasteiger partial charge in [0, 0.05) is 5.02 Å².